The van der Waals surface area contributed by atoms with Crippen LogP contribution in [-0.4, -0.2) is 29.1 Å². The Morgan fingerprint density at radius 3 is 2.50 bits per heavy atom. The molecule has 1 atom stereocenters. The maximum absolute atomic E-state index is 11.9. The molecule has 1 amide bonds. The summed E-state index contributed by atoms with van der Waals surface area (Å²) in [5.74, 6) is -1.53. The summed E-state index contributed by atoms with van der Waals surface area (Å²) >= 11 is 11.7. The van der Waals surface area contributed by atoms with Gasteiger partial charge in [-0.05, 0) is 18.2 Å². The Morgan fingerprint density at radius 1 is 1.30 bits per heavy atom. The lowest BCUT2D eigenvalue weighted by atomic mass is 10.1. The number of nitrogens with one attached hydrogen (secondary N) is 2. The van der Waals surface area contributed by atoms with E-state index in [1.54, 1.807) is 12.1 Å². The van der Waals surface area contributed by atoms with Crippen LogP contribution in [0.15, 0.2) is 18.2 Å². The van der Waals surface area contributed by atoms with Gasteiger partial charge in [-0.15, -0.1) is 0 Å². The van der Waals surface area contributed by atoms with Gasteiger partial charge in [-0.2, -0.15) is 0 Å². The van der Waals surface area contributed by atoms with Crippen molar-refractivity contribution in [2.24, 2.45) is 0 Å². The first-order valence-corrected chi connectivity index (χ1v) is 6.79. The van der Waals surface area contributed by atoms with Crippen molar-refractivity contribution in [2.45, 2.75) is 32.4 Å². The molecule has 20 heavy (non-hydrogen) atoms. The lowest BCUT2D eigenvalue weighted by molar-refractivity contribution is -0.141. The minimum Gasteiger partial charge on any atom is -0.480 e. The molecule has 7 heteroatoms. The molecule has 0 aliphatic rings. The standard InChI is InChI=1S/C13H16Cl2N2O3/c1-7(2)16-11(13(19)20)6-12(18)17-10-5-8(14)3-4-9(10)15/h3-5,7,11,16H,6H2,1-2H3,(H,17,18)(H,19,20). The number of aliphatic carboxylic acids is 1. The third kappa shape index (κ3) is 5.36. The molecule has 0 saturated heterocycles. The monoisotopic (exact) mass is 318 g/mol. The lowest BCUT2D eigenvalue weighted by Crippen LogP contribution is -2.43. The zero-order chi connectivity index (χ0) is 15.3. The Hall–Kier alpha value is -1.30. The molecule has 0 radical (unpaired) electrons. The van der Waals surface area contributed by atoms with Crippen LogP contribution in [0.3, 0.4) is 0 Å². The van der Waals surface area contributed by atoms with E-state index in [9.17, 15) is 9.59 Å². The number of carboxylic acid groups (broad SMARTS) is 1. The minimum atomic E-state index is -1.08. The fourth-order valence-electron chi connectivity index (χ4n) is 1.60. The number of anilines is 1. The Kier molecular flexibility index (Phi) is 6.26. The third-order valence-corrected chi connectivity index (χ3v) is 2.99. The van der Waals surface area contributed by atoms with Gasteiger partial charge in [-0.25, -0.2) is 0 Å². The maximum Gasteiger partial charge on any atom is 0.321 e. The number of benzene rings is 1. The number of hydrogen-bond donors (Lipinski definition) is 3. The van der Waals surface area contributed by atoms with E-state index in [0.717, 1.165) is 0 Å². The predicted molar refractivity (Wildman–Crippen MR) is 79.4 cm³/mol. The van der Waals surface area contributed by atoms with E-state index in [4.69, 9.17) is 28.3 Å². The third-order valence-electron chi connectivity index (χ3n) is 2.42. The van der Waals surface area contributed by atoms with Crippen LogP contribution >= 0.6 is 23.2 Å². The highest BCUT2D eigenvalue weighted by molar-refractivity contribution is 6.35. The molecule has 0 heterocycles. The van der Waals surface area contributed by atoms with Crippen molar-refractivity contribution in [3.05, 3.63) is 28.2 Å². The largest absolute Gasteiger partial charge is 0.480 e. The molecular formula is C13H16Cl2N2O3. The predicted octanol–water partition coefficient (Wildman–Crippen LogP) is 2.77. The van der Waals surface area contributed by atoms with E-state index in [1.807, 2.05) is 13.8 Å². The van der Waals surface area contributed by atoms with Gasteiger partial charge in [0.2, 0.25) is 5.91 Å². The summed E-state index contributed by atoms with van der Waals surface area (Å²) in [6, 6.07) is 3.67. The number of carboxylic acids is 1. The highest BCUT2D eigenvalue weighted by Crippen LogP contribution is 2.25. The number of hydrogen-bond acceptors (Lipinski definition) is 3. The molecule has 0 saturated carbocycles. The Labute approximate surface area is 127 Å². The van der Waals surface area contributed by atoms with Crippen molar-refractivity contribution in [2.75, 3.05) is 5.32 Å². The Bertz CT molecular complexity index is 506. The van der Waals surface area contributed by atoms with Crippen LogP contribution in [0.4, 0.5) is 5.69 Å². The summed E-state index contributed by atoms with van der Waals surface area (Å²) in [5.41, 5.74) is 0.359. The van der Waals surface area contributed by atoms with Crippen molar-refractivity contribution in [1.82, 2.24) is 5.32 Å². The molecule has 0 aliphatic carbocycles. The van der Waals surface area contributed by atoms with Crippen LogP contribution in [0, 0.1) is 0 Å². The topological polar surface area (TPSA) is 78.4 Å². The first-order valence-electron chi connectivity index (χ1n) is 6.03. The maximum atomic E-state index is 11.9. The van der Waals surface area contributed by atoms with Gasteiger partial charge in [0.05, 0.1) is 17.1 Å². The second-order valence-corrected chi connectivity index (χ2v) is 5.43. The van der Waals surface area contributed by atoms with E-state index in [2.05, 4.69) is 10.6 Å². The second kappa shape index (κ2) is 7.47. The van der Waals surface area contributed by atoms with Gasteiger partial charge in [0.25, 0.3) is 0 Å². The Morgan fingerprint density at radius 2 is 1.95 bits per heavy atom. The van der Waals surface area contributed by atoms with Gasteiger partial charge in [-0.3, -0.25) is 9.59 Å². The van der Waals surface area contributed by atoms with E-state index in [1.165, 1.54) is 6.07 Å². The molecule has 0 fully saturated rings. The average Bonchev–Trinajstić information content (AvgIpc) is 2.32. The number of carbonyl (C=O) groups excluding carboxylic acids is 1. The van der Waals surface area contributed by atoms with Crippen LogP contribution in [0.2, 0.25) is 10.0 Å². The van der Waals surface area contributed by atoms with Gasteiger partial charge < -0.3 is 15.7 Å². The molecule has 110 valence electrons. The summed E-state index contributed by atoms with van der Waals surface area (Å²) in [6.45, 7) is 3.61. The van der Waals surface area contributed by atoms with Crippen molar-refractivity contribution in [3.8, 4) is 0 Å². The second-order valence-electron chi connectivity index (χ2n) is 4.59. The van der Waals surface area contributed by atoms with Crippen LogP contribution in [0.5, 0.6) is 0 Å². The molecule has 1 aromatic carbocycles. The number of amides is 1. The molecule has 5 nitrogen and oxygen atoms in total. The van der Waals surface area contributed by atoms with E-state index >= 15 is 0 Å². The Balaban J connectivity index is 2.70. The minimum absolute atomic E-state index is 0.0429. The normalized spacial score (nSPS) is 12.2. The van der Waals surface area contributed by atoms with Crippen molar-refractivity contribution in [3.63, 3.8) is 0 Å². The van der Waals surface area contributed by atoms with E-state index in [-0.39, 0.29) is 12.5 Å². The SMILES string of the molecule is CC(C)NC(CC(=O)Nc1cc(Cl)ccc1Cl)C(=O)O. The fraction of sp³-hybridized carbons (Fsp3) is 0.385. The lowest BCUT2D eigenvalue weighted by Gasteiger charge is -2.17. The smallest absolute Gasteiger partial charge is 0.321 e. The molecule has 3 N–H and O–H groups in total. The first kappa shape index (κ1) is 16.8. The van der Waals surface area contributed by atoms with Crippen LogP contribution in [-0.2, 0) is 9.59 Å². The van der Waals surface area contributed by atoms with E-state index in [0.29, 0.717) is 15.7 Å². The molecule has 1 rings (SSSR count). The van der Waals surface area contributed by atoms with Gasteiger partial charge in [-0.1, -0.05) is 37.0 Å². The fourth-order valence-corrected chi connectivity index (χ4v) is 1.94. The van der Waals surface area contributed by atoms with Gasteiger partial charge >= 0.3 is 5.97 Å². The molecule has 0 bridgehead atoms. The molecule has 1 aromatic rings. The van der Waals surface area contributed by atoms with Crippen LogP contribution < -0.4 is 10.6 Å². The zero-order valence-corrected chi connectivity index (χ0v) is 12.6. The quantitative estimate of drug-likeness (QED) is 0.753. The average molecular weight is 319 g/mol. The summed E-state index contributed by atoms with van der Waals surface area (Å²) in [6.07, 6.45) is -0.198. The number of carbonyl (C=O) groups is 2. The van der Waals surface area contributed by atoms with Gasteiger partial charge in [0.15, 0.2) is 0 Å². The zero-order valence-electron chi connectivity index (χ0n) is 11.1. The van der Waals surface area contributed by atoms with Crippen molar-refractivity contribution >= 4 is 40.8 Å². The summed E-state index contributed by atoms with van der Waals surface area (Å²) in [5, 5.41) is 15.2. The molecule has 1 unspecified atom stereocenters. The highest BCUT2D eigenvalue weighted by Gasteiger charge is 2.22. The number of halogens is 2. The van der Waals surface area contributed by atoms with Crippen LogP contribution in [0.1, 0.15) is 20.3 Å². The van der Waals surface area contributed by atoms with Gasteiger partial charge in [0, 0.05) is 11.1 Å². The van der Waals surface area contributed by atoms with Crippen LogP contribution in [0.25, 0.3) is 0 Å². The summed E-state index contributed by atoms with van der Waals surface area (Å²) in [4.78, 5) is 22.9. The number of rotatable bonds is 6. The van der Waals surface area contributed by atoms with Crippen molar-refractivity contribution in [1.29, 1.82) is 0 Å². The first-order chi connectivity index (χ1) is 9.29. The summed E-state index contributed by atoms with van der Waals surface area (Å²) in [7, 11) is 0. The highest BCUT2D eigenvalue weighted by atomic mass is 35.5. The summed E-state index contributed by atoms with van der Waals surface area (Å²) < 4.78 is 0. The molecular weight excluding hydrogens is 303 g/mol. The molecule has 0 spiro atoms. The molecule has 0 aromatic heterocycles. The van der Waals surface area contributed by atoms with Gasteiger partial charge in [0.1, 0.15) is 6.04 Å². The van der Waals surface area contributed by atoms with E-state index < -0.39 is 17.9 Å². The van der Waals surface area contributed by atoms with Crippen molar-refractivity contribution < 1.29 is 14.7 Å². The molecule has 0 aliphatic heterocycles.